The number of thiazole rings is 1. The maximum Gasteiger partial charge on any atom is 0.265 e. The Morgan fingerprint density at radius 2 is 2.09 bits per heavy atom. The van der Waals surface area contributed by atoms with E-state index in [9.17, 15) is 9.18 Å². The number of hydrogen-bond donors (Lipinski definition) is 0. The summed E-state index contributed by atoms with van der Waals surface area (Å²) in [5, 5.41) is 0.877. The van der Waals surface area contributed by atoms with E-state index in [1.54, 1.807) is 18.3 Å². The quantitative estimate of drug-likeness (QED) is 0.841. The zero-order valence-corrected chi connectivity index (χ0v) is 13.6. The predicted molar refractivity (Wildman–Crippen MR) is 85.6 cm³/mol. The second kappa shape index (κ2) is 6.16. The summed E-state index contributed by atoms with van der Waals surface area (Å²) in [5.74, 6) is 0.456. The van der Waals surface area contributed by atoms with Crippen LogP contribution in [0.5, 0.6) is 0 Å². The first-order chi connectivity index (χ1) is 10.5. The lowest BCUT2D eigenvalue weighted by Gasteiger charge is -2.24. The first-order valence-electron chi connectivity index (χ1n) is 7.51. The van der Waals surface area contributed by atoms with Crippen LogP contribution in [0.15, 0.2) is 30.5 Å². The lowest BCUT2D eigenvalue weighted by atomic mass is 10.2. The van der Waals surface area contributed by atoms with Crippen LogP contribution in [-0.4, -0.2) is 28.9 Å². The predicted octanol–water partition coefficient (Wildman–Crippen LogP) is 3.74. The fraction of sp³-hybridized carbons (Fsp3) is 0.412. The van der Waals surface area contributed by atoms with E-state index < -0.39 is 0 Å². The number of carbonyl (C=O) groups excluding carboxylic acids is 1. The largest absolute Gasteiger partial charge is 0.338 e. The second-order valence-corrected chi connectivity index (χ2v) is 7.03. The van der Waals surface area contributed by atoms with Crippen molar-refractivity contribution < 1.29 is 9.18 Å². The number of aromatic nitrogens is 1. The third-order valence-corrected chi connectivity index (χ3v) is 5.25. The van der Waals surface area contributed by atoms with Gasteiger partial charge in [0.2, 0.25) is 0 Å². The normalized spacial score (nSPS) is 15.6. The van der Waals surface area contributed by atoms with Crippen LogP contribution in [0.3, 0.4) is 0 Å². The number of halogens is 1. The van der Waals surface area contributed by atoms with Gasteiger partial charge in [-0.1, -0.05) is 12.1 Å². The molecule has 1 aliphatic rings. The Morgan fingerprint density at radius 3 is 2.73 bits per heavy atom. The Bertz CT molecular complexity index is 664. The topological polar surface area (TPSA) is 33.2 Å². The fourth-order valence-corrected chi connectivity index (χ4v) is 3.46. The molecule has 0 radical (unpaired) electrons. The van der Waals surface area contributed by atoms with Gasteiger partial charge in [0.25, 0.3) is 5.91 Å². The number of rotatable bonds is 5. The summed E-state index contributed by atoms with van der Waals surface area (Å²) in [4.78, 5) is 19.3. The van der Waals surface area contributed by atoms with E-state index in [0.717, 1.165) is 10.6 Å². The number of carbonyl (C=O) groups is 1. The van der Waals surface area contributed by atoms with E-state index in [2.05, 4.69) is 11.9 Å². The first kappa shape index (κ1) is 15.2. The molecular weight excluding hydrogens is 299 g/mol. The molecule has 1 atom stereocenters. The van der Waals surface area contributed by atoms with Gasteiger partial charge in [-0.15, -0.1) is 11.3 Å². The Morgan fingerprint density at radius 1 is 1.41 bits per heavy atom. The van der Waals surface area contributed by atoms with Crippen LogP contribution in [0.25, 0.3) is 0 Å². The van der Waals surface area contributed by atoms with E-state index in [1.807, 2.05) is 11.9 Å². The van der Waals surface area contributed by atoms with Crippen LogP contribution in [-0.2, 0) is 6.42 Å². The number of amides is 1. The van der Waals surface area contributed by atoms with Crippen molar-refractivity contribution in [3.63, 3.8) is 0 Å². The fourth-order valence-electron chi connectivity index (χ4n) is 2.52. The molecule has 1 aliphatic carbocycles. The van der Waals surface area contributed by atoms with Gasteiger partial charge in [0.15, 0.2) is 0 Å². The molecule has 0 aliphatic heterocycles. The van der Waals surface area contributed by atoms with Crippen molar-refractivity contribution in [2.75, 3.05) is 7.05 Å². The Labute approximate surface area is 133 Å². The third-order valence-electron chi connectivity index (χ3n) is 4.27. The lowest BCUT2D eigenvalue weighted by molar-refractivity contribution is 0.0732. The van der Waals surface area contributed by atoms with Gasteiger partial charge >= 0.3 is 0 Å². The van der Waals surface area contributed by atoms with Gasteiger partial charge < -0.3 is 4.90 Å². The summed E-state index contributed by atoms with van der Waals surface area (Å²) in [6, 6.07) is 6.68. The summed E-state index contributed by atoms with van der Waals surface area (Å²) in [6.07, 6.45) is 4.72. The van der Waals surface area contributed by atoms with Gasteiger partial charge in [0.05, 0.1) is 11.2 Å². The lowest BCUT2D eigenvalue weighted by Crippen LogP contribution is -2.35. The van der Waals surface area contributed by atoms with Crippen molar-refractivity contribution >= 4 is 17.2 Å². The Balaban J connectivity index is 1.67. The molecule has 2 aromatic rings. The summed E-state index contributed by atoms with van der Waals surface area (Å²) >= 11 is 1.42. The minimum absolute atomic E-state index is 0.0438. The van der Waals surface area contributed by atoms with Crippen LogP contribution >= 0.6 is 11.3 Å². The van der Waals surface area contributed by atoms with Gasteiger partial charge in [0, 0.05) is 19.5 Å². The third kappa shape index (κ3) is 3.35. The molecule has 22 heavy (non-hydrogen) atoms. The van der Waals surface area contributed by atoms with Crippen LogP contribution in [0.2, 0.25) is 0 Å². The molecule has 0 spiro atoms. The average Bonchev–Trinajstić information content (AvgIpc) is 3.27. The molecule has 0 saturated heterocycles. The van der Waals surface area contributed by atoms with E-state index >= 15 is 0 Å². The molecule has 1 aromatic carbocycles. The molecule has 3 nitrogen and oxygen atoms in total. The van der Waals surface area contributed by atoms with Gasteiger partial charge in [-0.05, 0) is 43.4 Å². The molecule has 1 amide bonds. The van der Waals surface area contributed by atoms with Gasteiger partial charge in [-0.25, -0.2) is 9.37 Å². The van der Waals surface area contributed by atoms with E-state index in [0.29, 0.717) is 17.2 Å². The number of benzene rings is 1. The summed E-state index contributed by atoms with van der Waals surface area (Å²) in [7, 11) is 1.87. The molecule has 1 heterocycles. The highest BCUT2D eigenvalue weighted by Gasteiger charge is 2.33. The monoisotopic (exact) mass is 318 g/mol. The van der Waals surface area contributed by atoms with E-state index in [-0.39, 0.29) is 17.8 Å². The average molecular weight is 318 g/mol. The zero-order chi connectivity index (χ0) is 15.7. The van der Waals surface area contributed by atoms with Crippen molar-refractivity contribution in [1.29, 1.82) is 0 Å². The molecule has 1 saturated carbocycles. The highest BCUT2D eigenvalue weighted by Crippen LogP contribution is 2.35. The van der Waals surface area contributed by atoms with Crippen molar-refractivity contribution in [3.8, 4) is 0 Å². The van der Waals surface area contributed by atoms with Gasteiger partial charge in [-0.2, -0.15) is 0 Å². The van der Waals surface area contributed by atoms with Crippen LogP contribution in [0.4, 0.5) is 4.39 Å². The second-order valence-electron chi connectivity index (χ2n) is 5.92. The maximum atomic E-state index is 12.9. The minimum atomic E-state index is -0.241. The molecule has 5 heteroatoms. The molecular formula is C17H19FN2OS. The van der Waals surface area contributed by atoms with Crippen molar-refractivity contribution in [2.24, 2.45) is 5.92 Å². The summed E-state index contributed by atoms with van der Waals surface area (Å²) in [6.45, 7) is 2.11. The molecule has 0 N–H and O–H groups in total. The Hall–Kier alpha value is -1.75. The van der Waals surface area contributed by atoms with Crippen LogP contribution in [0.1, 0.15) is 40.0 Å². The molecule has 1 aromatic heterocycles. The van der Waals surface area contributed by atoms with E-state index in [1.165, 1.54) is 36.3 Å². The number of nitrogens with zero attached hydrogens (tertiary/aromatic N) is 2. The molecule has 3 rings (SSSR count). The van der Waals surface area contributed by atoms with E-state index in [4.69, 9.17) is 0 Å². The zero-order valence-electron chi connectivity index (χ0n) is 12.8. The SMILES string of the molecule is CC(C1CC1)N(C)C(=O)c1cnc(Cc2ccc(F)cc2)s1. The van der Waals surface area contributed by atoms with Crippen molar-refractivity contribution in [3.05, 3.63) is 51.7 Å². The maximum absolute atomic E-state index is 12.9. The van der Waals surface area contributed by atoms with Crippen molar-refractivity contribution in [1.82, 2.24) is 9.88 Å². The smallest absolute Gasteiger partial charge is 0.265 e. The molecule has 0 bridgehead atoms. The number of hydrogen-bond acceptors (Lipinski definition) is 3. The molecule has 116 valence electrons. The van der Waals surface area contributed by atoms with Crippen LogP contribution in [0, 0.1) is 11.7 Å². The standard InChI is InChI=1S/C17H19FN2OS/c1-11(13-5-6-13)20(2)17(21)15-10-19-16(22-15)9-12-3-7-14(18)8-4-12/h3-4,7-8,10-11,13H,5-6,9H2,1-2H3. The van der Waals surface area contributed by atoms with Gasteiger partial charge in [0.1, 0.15) is 10.7 Å². The summed E-state index contributed by atoms with van der Waals surface area (Å²) in [5.41, 5.74) is 0.995. The van der Waals surface area contributed by atoms with Crippen molar-refractivity contribution in [2.45, 2.75) is 32.2 Å². The Kier molecular flexibility index (Phi) is 4.25. The molecule has 1 unspecified atom stereocenters. The molecule has 1 fully saturated rings. The highest BCUT2D eigenvalue weighted by atomic mass is 32.1. The first-order valence-corrected chi connectivity index (χ1v) is 8.32. The highest BCUT2D eigenvalue weighted by molar-refractivity contribution is 7.13. The van der Waals surface area contributed by atoms with Gasteiger partial charge in [-0.3, -0.25) is 4.79 Å². The summed E-state index contributed by atoms with van der Waals surface area (Å²) < 4.78 is 12.9. The minimum Gasteiger partial charge on any atom is -0.338 e. The van der Waals surface area contributed by atoms with Crippen LogP contribution < -0.4 is 0 Å².